The van der Waals surface area contributed by atoms with Crippen molar-refractivity contribution in [2.45, 2.75) is 46.0 Å². The fourth-order valence-electron chi connectivity index (χ4n) is 5.74. The van der Waals surface area contributed by atoms with Gasteiger partial charge in [0.05, 0.1) is 0 Å². The van der Waals surface area contributed by atoms with Crippen LogP contribution >= 0.6 is 0 Å². The summed E-state index contributed by atoms with van der Waals surface area (Å²) in [6.45, 7) is 7.01. The van der Waals surface area contributed by atoms with Crippen LogP contribution in [0.2, 0.25) is 0 Å². The third-order valence-corrected chi connectivity index (χ3v) is 10.0. The van der Waals surface area contributed by atoms with Crippen LogP contribution in [0.4, 0.5) is 0 Å². The van der Waals surface area contributed by atoms with Crippen molar-refractivity contribution in [2.24, 2.45) is 0 Å². The number of hydrogen-bond acceptors (Lipinski definition) is 0. The van der Waals surface area contributed by atoms with Gasteiger partial charge in [-0.3, -0.25) is 0 Å². The van der Waals surface area contributed by atoms with Gasteiger partial charge in [-0.2, -0.15) is 0 Å². The fraction of sp³-hybridized carbons (Fsp3) is 0.226. The zero-order chi connectivity index (χ0) is 21.8. The van der Waals surface area contributed by atoms with Crippen molar-refractivity contribution in [3.8, 4) is 22.3 Å². The molecule has 1 unspecified atom stereocenters. The molecule has 1 atom stereocenters. The van der Waals surface area contributed by atoms with E-state index >= 15 is 0 Å². The van der Waals surface area contributed by atoms with Gasteiger partial charge in [0.15, 0.2) is 0 Å². The molecule has 4 aromatic carbocycles. The first-order valence-corrected chi connectivity index (χ1v) is 13.5. The first kappa shape index (κ1) is 20.0. The van der Waals surface area contributed by atoms with E-state index in [0.717, 1.165) is 6.42 Å². The molecule has 0 nitrogen and oxygen atoms in total. The summed E-state index contributed by atoms with van der Waals surface area (Å²) in [7, 11) is 0. The molecule has 0 fully saturated rings. The molecule has 1 aliphatic carbocycles. The second-order valence-electron chi connectivity index (χ2n) is 9.28. The molecule has 5 aromatic rings. The van der Waals surface area contributed by atoms with E-state index in [1.54, 1.807) is 9.82 Å². The van der Waals surface area contributed by atoms with E-state index in [-0.39, 0.29) is 0 Å². The van der Waals surface area contributed by atoms with Crippen molar-refractivity contribution in [2.75, 3.05) is 0 Å². The quantitative estimate of drug-likeness (QED) is 0.222. The Labute approximate surface area is 196 Å². The molecule has 0 aliphatic heterocycles. The zero-order valence-corrected chi connectivity index (χ0v) is 20.7. The number of benzene rings is 4. The molecule has 32 heavy (non-hydrogen) atoms. The standard InChI is InChI=1S/C31H28Se/c1-4-9-19(2)21-10-5-6-11-23(21)22-14-15-24-25-16-17-27-26-12-7-8-13-30(26)32-31(27)29(25)18-28(24)20(22)3/h5-8,10-17,19H,4,9,18H2,1-3H3. The SMILES string of the molecule is CCCC(C)c1ccccc1-c1ccc2c(c1C)Cc1c-2ccc2c1[se]c1ccccc12. The Morgan fingerprint density at radius 2 is 1.47 bits per heavy atom. The van der Waals surface area contributed by atoms with Crippen LogP contribution in [-0.4, -0.2) is 14.5 Å². The third kappa shape index (κ3) is 2.95. The Kier molecular flexibility index (Phi) is 4.86. The van der Waals surface area contributed by atoms with E-state index in [2.05, 4.69) is 93.6 Å². The Bertz CT molecular complexity index is 1480. The molecule has 0 N–H and O–H groups in total. The van der Waals surface area contributed by atoms with Crippen molar-refractivity contribution >= 4 is 33.8 Å². The van der Waals surface area contributed by atoms with Gasteiger partial charge in [-0.25, -0.2) is 0 Å². The summed E-state index contributed by atoms with van der Waals surface area (Å²) in [4.78, 5) is 0. The van der Waals surface area contributed by atoms with E-state index in [9.17, 15) is 0 Å². The predicted octanol–water partition coefficient (Wildman–Crippen LogP) is 8.50. The van der Waals surface area contributed by atoms with Crippen molar-refractivity contribution in [3.05, 3.63) is 95.1 Å². The number of fused-ring (bicyclic) bond motifs is 7. The predicted molar refractivity (Wildman–Crippen MR) is 140 cm³/mol. The minimum atomic E-state index is 0.415. The van der Waals surface area contributed by atoms with Gasteiger partial charge in [-0.1, -0.05) is 0 Å². The Morgan fingerprint density at radius 1 is 0.750 bits per heavy atom. The molecule has 1 heteroatoms. The summed E-state index contributed by atoms with van der Waals surface area (Å²) in [6, 6.07) is 27.6. The van der Waals surface area contributed by atoms with Crippen LogP contribution in [0, 0.1) is 6.92 Å². The maximum absolute atomic E-state index is 2.40. The molecule has 0 saturated carbocycles. The Hall–Kier alpha value is -2.60. The van der Waals surface area contributed by atoms with Crippen molar-refractivity contribution in [1.82, 2.24) is 0 Å². The molecule has 0 bridgehead atoms. The van der Waals surface area contributed by atoms with Crippen molar-refractivity contribution in [3.63, 3.8) is 0 Å². The molecule has 1 aliphatic rings. The van der Waals surface area contributed by atoms with Gasteiger partial charge in [-0.05, 0) is 0 Å². The van der Waals surface area contributed by atoms with E-state index in [1.807, 2.05) is 0 Å². The van der Waals surface area contributed by atoms with E-state index in [4.69, 9.17) is 0 Å². The van der Waals surface area contributed by atoms with Gasteiger partial charge in [0, 0.05) is 0 Å². The molecule has 0 radical (unpaired) electrons. The van der Waals surface area contributed by atoms with E-state index in [1.165, 1.54) is 66.8 Å². The second kappa shape index (κ2) is 7.76. The van der Waals surface area contributed by atoms with Crippen LogP contribution in [0.3, 0.4) is 0 Å². The zero-order valence-electron chi connectivity index (χ0n) is 19.0. The minimum absolute atomic E-state index is 0.415. The van der Waals surface area contributed by atoms with Crippen LogP contribution in [0.5, 0.6) is 0 Å². The van der Waals surface area contributed by atoms with E-state index in [0.29, 0.717) is 20.4 Å². The molecule has 0 spiro atoms. The first-order valence-electron chi connectivity index (χ1n) is 11.8. The Balaban J connectivity index is 1.51. The van der Waals surface area contributed by atoms with Gasteiger partial charge in [0.25, 0.3) is 0 Å². The summed E-state index contributed by atoms with van der Waals surface area (Å²) in [5.41, 5.74) is 11.8. The molecule has 0 saturated heterocycles. The van der Waals surface area contributed by atoms with Crippen molar-refractivity contribution in [1.29, 1.82) is 0 Å². The van der Waals surface area contributed by atoms with Gasteiger partial charge in [0.1, 0.15) is 0 Å². The third-order valence-electron chi connectivity index (χ3n) is 7.40. The summed E-state index contributed by atoms with van der Waals surface area (Å²) in [5.74, 6) is 0.588. The summed E-state index contributed by atoms with van der Waals surface area (Å²) in [5, 5.41) is 2.93. The van der Waals surface area contributed by atoms with Gasteiger partial charge >= 0.3 is 197 Å². The summed E-state index contributed by atoms with van der Waals surface area (Å²) >= 11 is 0.415. The van der Waals surface area contributed by atoms with Crippen LogP contribution in [0.15, 0.2) is 72.8 Å². The molecule has 6 rings (SSSR count). The number of rotatable bonds is 4. The monoisotopic (exact) mass is 480 g/mol. The molecule has 1 heterocycles. The van der Waals surface area contributed by atoms with E-state index < -0.39 is 0 Å². The van der Waals surface area contributed by atoms with Crippen LogP contribution in [0.1, 0.15) is 54.9 Å². The topological polar surface area (TPSA) is 0 Å². The molecule has 1 aromatic heterocycles. The molecular weight excluding hydrogens is 451 g/mol. The average Bonchev–Trinajstić information content (AvgIpc) is 3.38. The molecule has 0 amide bonds. The summed E-state index contributed by atoms with van der Waals surface area (Å²) in [6.07, 6.45) is 3.54. The summed E-state index contributed by atoms with van der Waals surface area (Å²) < 4.78 is 3.15. The molecule has 158 valence electrons. The maximum atomic E-state index is 2.40. The fourth-order valence-corrected chi connectivity index (χ4v) is 8.36. The number of hydrogen-bond donors (Lipinski definition) is 0. The van der Waals surface area contributed by atoms with Crippen LogP contribution in [-0.2, 0) is 6.42 Å². The first-order chi connectivity index (χ1) is 15.7. The van der Waals surface area contributed by atoms with Crippen molar-refractivity contribution < 1.29 is 0 Å². The van der Waals surface area contributed by atoms with Crippen LogP contribution in [0.25, 0.3) is 41.5 Å². The second-order valence-corrected chi connectivity index (χ2v) is 11.5. The van der Waals surface area contributed by atoms with Gasteiger partial charge in [0.2, 0.25) is 0 Å². The average molecular weight is 480 g/mol. The van der Waals surface area contributed by atoms with Gasteiger partial charge < -0.3 is 0 Å². The molecular formula is C31H28Se. The van der Waals surface area contributed by atoms with Gasteiger partial charge in [-0.15, -0.1) is 0 Å². The Morgan fingerprint density at radius 3 is 2.34 bits per heavy atom. The normalized spacial score (nSPS) is 13.5. The van der Waals surface area contributed by atoms with Crippen LogP contribution < -0.4 is 0 Å².